The van der Waals surface area contributed by atoms with Crippen LogP contribution in [0, 0.1) is 10.1 Å². The molecule has 4 atom stereocenters. The van der Waals surface area contributed by atoms with Gasteiger partial charge in [0, 0.05) is 12.1 Å². The number of esters is 1. The smallest absolute Gasteiger partial charge is 0.334 e. The van der Waals surface area contributed by atoms with Crippen molar-refractivity contribution in [1.29, 1.82) is 0 Å². The summed E-state index contributed by atoms with van der Waals surface area (Å²) in [6, 6.07) is 3.56. The highest BCUT2D eigenvalue weighted by atomic mass is 32.2. The molecule has 2 saturated heterocycles. The lowest BCUT2D eigenvalue weighted by Gasteiger charge is -2.40. The maximum atomic E-state index is 12.7. The quantitative estimate of drug-likeness (QED) is 0.176. The van der Waals surface area contributed by atoms with Gasteiger partial charge in [-0.25, -0.2) is 4.79 Å². The number of nitro benzene ring substituents is 1. The molecule has 2 heterocycles. The molecule has 0 spiro atoms. The van der Waals surface area contributed by atoms with Crippen LogP contribution in [0.2, 0.25) is 0 Å². The maximum absolute atomic E-state index is 12.7. The van der Waals surface area contributed by atoms with E-state index in [1.165, 1.54) is 29.2 Å². The van der Waals surface area contributed by atoms with Crippen molar-refractivity contribution in [2.24, 2.45) is 0 Å². The second-order valence-electron chi connectivity index (χ2n) is 6.73. The number of non-ortho nitro benzene ring substituents is 1. The van der Waals surface area contributed by atoms with E-state index in [9.17, 15) is 29.1 Å². The average Bonchev–Trinajstić information content (AvgIpc) is 2.82. The molecule has 1 aromatic rings. The summed E-state index contributed by atoms with van der Waals surface area (Å²) in [5, 5.41) is 12.2. The van der Waals surface area contributed by atoms with E-state index in [0.29, 0.717) is 12.0 Å². The number of nitrogens with one attached hydrogen (secondary N) is 1. The molecule has 10 nitrogen and oxygen atoms in total. The van der Waals surface area contributed by atoms with Gasteiger partial charge in [-0.2, -0.15) is 0 Å². The Morgan fingerprint density at radius 2 is 2.04 bits per heavy atom. The van der Waals surface area contributed by atoms with E-state index in [0.717, 1.165) is 0 Å². The third-order valence-corrected chi connectivity index (χ3v) is 6.95. The Balaban J connectivity index is 1.71. The number of fused-ring (bicyclic) bond motifs is 1. The first-order valence-corrected chi connectivity index (χ1v) is 9.24. The Kier molecular flexibility index (Phi) is 4.82. The molecule has 1 aromatic carbocycles. The number of ether oxygens (including phenoxy) is 1. The number of β-lactam (4-membered cyclic amide) rings is 1. The minimum absolute atomic E-state index is 0.0832. The van der Waals surface area contributed by atoms with Crippen LogP contribution in [0.1, 0.15) is 19.4 Å². The van der Waals surface area contributed by atoms with E-state index in [2.05, 4.69) is 5.32 Å². The number of nitro groups is 1. The van der Waals surface area contributed by atoms with E-state index >= 15 is 0 Å². The van der Waals surface area contributed by atoms with Crippen LogP contribution >= 0.6 is 0 Å². The second-order valence-corrected chi connectivity index (χ2v) is 8.86. The zero-order valence-electron chi connectivity index (χ0n) is 14.5. The molecular weight excluding hydrogens is 378 g/mol. The van der Waals surface area contributed by atoms with Gasteiger partial charge < -0.3 is 14.6 Å². The second kappa shape index (κ2) is 6.82. The first-order chi connectivity index (χ1) is 12.7. The predicted molar refractivity (Wildman–Crippen MR) is 92.5 cm³/mol. The van der Waals surface area contributed by atoms with Crippen molar-refractivity contribution < 1.29 is 28.6 Å². The Morgan fingerprint density at radius 3 is 2.59 bits per heavy atom. The highest BCUT2D eigenvalue weighted by Crippen LogP contribution is 2.46. The lowest BCUT2D eigenvalue weighted by atomic mass is 9.96. The van der Waals surface area contributed by atoms with Crippen LogP contribution in [0.15, 0.2) is 24.3 Å². The van der Waals surface area contributed by atoms with Gasteiger partial charge in [0.25, 0.3) is 11.6 Å². The summed E-state index contributed by atoms with van der Waals surface area (Å²) < 4.78 is 16.9. The number of rotatable bonds is 6. The zero-order valence-corrected chi connectivity index (χ0v) is 15.3. The first kappa shape index (κ1) is 19.1. The lowest BCUT2D eigenvalue weighted by Crippen LogP contribution is -2.71. The summed E-state index contributed by atoms with van der Waals surface area (Å²) in [4.78, 5) is 46.8. The van der Waals surface area contributed by atoms with E-state index in [4.69, 9.17) is 4.74 Å². The number of hydrogen-bond acceptors (Lipinski definition) is 7. The topological polar surface area (TPSA) is 142 Å². The SMILES string of the molecule is CC1(C)C(C(=O)OCc2ccc([N+](=O)[O-])cc2)N2C(=O)[C@@H](NC=O)[C@H]2[S+]1[O-]. The molecular formula is C16H17N3O7S. The van der Waals surface area contributed by atoms with Crippen LogP contribution in [-0.4, -0.2) is 54.9 Å². The minimum atomic E-state index is -1.57. The van der Waals surface area contributed by atoms with Gasteiger partial charge in [0.05, 0.1) is 4.92 Å². The summed E-state index contributed by atoms with van der Waals surface area (Å²) in [5.74, 6) is -1.20. The Labute approximate surface area is 157 Å². The molecule has 2 amide bonds. The largest absolute Gasteiger partial charge is 0.614 e. The molecule has 0 radical (unpaired) electrons. The van der Waals surface area contributed by atoms with Crippen molar-refractivity contribution in [2.45, 2.75) is 42.7 Å². The van der Waals surface area contributed by atoms with Gasteiger partial charge in [0.15, 0.2) is 16.8 Å². The van der Waals surface area contributed by atoms with Gasteiger partial charge in [-0.1, -0.05) is 0 Å². The summed E-state index contributed by atoms with van der Waals surface area (Å²) in [6.45, 7) is 3.06. The van der Waals surface area contributed by atoms with E-state index in [1.54, 1.807) is 13.8 Å². The fourth-order valence-corrected chi connectivity index (χ4v) is 5.24. The van der Waals surface area contributed by atoms with Gasteiger partial charge >= 0.3 is 5.97 Å². The van der Waals surface area contributed by atoms with Crippen LogP contribution in [0.5, 0.6) is 0 Å². The molecule has 1 N–H and O–H groups in total. The van der Waals surface area contributed by atoms with Crippen molar-refractivity contribution in [3.63, 3.8) is 0 Å². The Bertz CT molecular complexity index is 798. The van der Waals surface area contributed by atoms with E-state index < -0.39 is 50.2 Å². The molecule has 0 bridgehead atoms. The Hall–Kier alpha value is -2.66. The molecule has 0 aromatic heterocycles. The van der Waals surface area contributed by atoms with E-state index in [-0.39, 0.29) is 12.3 Å². The molecule has 2 fully saturated rings. The maximum Gasteiger partial charge on any atom is 0.334 e. The third kappa shape index (κ3) is 3.02. The van der Waals surface area contributed by atoms with Crippen LogP contribution in [0.4, 0.5) is 5.69 Å². The minimum Gasteiger partial charge on any atom is -0.614 e. The molecule has 2 aliphatic rings. The molecule has 3 rings (SSSR count). The standard InChI is InChI=1S/C16H17N3O7S/c1-16(2)12(18-13(21)11(17-8-20)14(18)27(16)25)15(22)26-7-9-3-5-10(6-4-9)19(23)24/h3-6,8,11-12,14H,7H2,1-2H3,(H,17,20)/t11-,12?,14-,27?/m1/s1. The number of benzene rings is 1. The number of nitrogens with zero attached hydrogens (tertiary/aromatic N) is 2. The fourth-order valence-electron chi connectivity index (χ4n) is 3.32. The highest BCUT2D eigenvalue weighted by Gasteiger charge is 2.72. The number of carbonyl (C=O) groups excluding carboxylic acids is 3. The lowest BCUT2D eigenvalue weighted by molar-refractivity contribution is -0.384. The molecule has 27 heavy (non-hydrogen) atoms. The van der Waals surface area contributed by atoms with Gasteiger partial charge in [0.2, 0.25) is 11.8 Å². The third-order valence-electron chi connectivity index (χ3n) is 4.75. The monoisotopic (exact) mass is 395 g/mol. The van der Waals surface area contributed by atoms with Crippen LogP contribution in [0.3, 0.4) is 0 Å². The fraction of sp³-hybridized carbons (Fsp3) is 0.438. The van der Waals surface area contributed by atoms with Gasteiger partial charge in [-0.15, -0.1) is 0 Å². The van der Waals surface area contributed by atoms with Crippen molar-refractivity contribution in [2.75, 3.05) is 0 Å². The summed E-state index contributed by atoms with van der Waals surface area (Å²) >= 11 is -1.57. The summed E-state index contributed by atoms with van der Waals surface area (Å²) in [6.07, 6.45) is 0.365. The Morgan fingerprint density at radius 1 is 1.41 bits per heavy atom. The average molecular weight is 395 g/mol. The highest BCUT2D eigenvalue weighted by molar-refractivity contribution is 7.94. The molecule has 144 valence electrons. The number of carbonyl (C=O) groups is 3. The predicted octanol–water partition coefficient (Wildman–Crippen LogP) is -0.170. The normalized spacial score (nSPS) is 28.1. The van der Waals surface area contributed by atoms with Crippen LogP contribution < -0.4 is 5.32 Å². The number of amides is 2. The first-order valence-electron chi connectivity index (χ1n) is 8.02. The molecule has 11 heteroatoms. The van der Waals surface area contributed by atoms with Crippen molar-refractivity contribution in [3.8, 4) is 0 Å². The molecule has 0 aliphatic carbocycles. The molecule has 0 saturated carbocycles. The summed E-state index contributed by atoms with van der Waals surface area (Å²) in [5.41, 5.74) is 0.456. The van der Waals surface area contributed by atoms with Gasteiger partial charge in [-0.3, -0.25) is 24.6 Å². The van der Waals surface area contributed by atoms with Crippen molar-refractivity contribution in [3.05, 3.63) is 39.9 Å². The zero-order chi connectivity index (χ0) is 19.9. The van der Waals surface area contributed by atoms with Crippen LogP contribution in [-0.2, 0) is 36.9 Å². The van der Waals surface area contributed by atoms with Gasteiger partial charge in [0.1, 0.15) is 6.61 Å². The number of hydrogen-bond donors (Lipinski definition) is 1. The van der Waals surface area contributed by atoms with Crippen LogP contribution in [0.25, 0.3) is 0 Å². The van der Waals surface area contributed by atoms with Gasteiger partial charge in [-0.05, 0) is 42.7 Å². The molecule has 2 unspecified atom stereocenters. The summed E-state index contributed by atoms with van der Waals surface area (Å²) in [7, 11) is 0. The van der Waals surface area contributed by atoms with Crippen molar-refractivity contribution >= 4 is 35.1 Å². The van der Waals surface area contributed by atoms with Crippen molar-refractivity contribution in [1.82, 2.24) is 10.2 Å². The van der Waals surface area contributed by atoms with E-state index in [1.807, 2.05) is 0 Å². The molecule has 2 aliphatic heterocycles.